The van der Waals surface area contributed by atoms with Crippen molar-refractivity contribution in [3.05, 3.63) is 36.5 Å². The number of phenolic OH excluding ortho intramolecular Hbond substituents is 1. The highest BCUT2D eigenvalue weighted by Crippen LogP contribution is 2.33. The molecule has 0 unspecified atom stereocenters. The van der Waals surface area contributed by atoms with Gasteiger partial charge in [-0.25, -0.2) is 0 Å². The topological polar surface area (TPSA) is 103 Å². The monoisotopic (exact) mass is 377 g/mol. The predicted molar refractivity (Wildman–Crippen MR) is 106 cm³/mol. The standard InChI is InChI=1S/C20H23N7O/c1-27(15-9-13-3-4-14(10-15)22-13)20-7-6-17(23-25-20)16-5-2-12(8-19(16)28)18-11-21-26-24-18/h2,5-8,11,13-15,22,28H,3-4,9-10H2,1H3,(H,21,24,26)/t13-,14+,15-. The Morgan fingerprint density at radius 2 is 1.82 bits per heavy atom. The molecule has 2 bridgehead atoms. The molecule has 0 amide bonds. The van der Waals surface area contributed by atoms with Crippen LogP contribution in [0.5, 0.6) is 5.75 Å². The lowest BCUT2D eigenvalue weighted by Crippen LogP contribution is -2.47. The van der Waals surface area contributed by atoms with Crippen LogP contribution in [0.4, 0.5) is 5.82 Å². The van der Waals surface area contributed by atoms with E-state index in [-0.39, 0.29) is 5.75 Å². The third-order valence-electron chi connectivity index (χ3n) is 5.99. The Labute approximate surface area is 163 Å². The number of anilines is 1. The number of aromatic nitrogens is 5. The van der Waals surface area contributed by atoms with Gasteiger partial charge >= 0.3 is 0 Å². The lowest BCUT2D eigenvalue weighted by atomic mass is 9.98. The van der Waals surface area contributed by atoms with E-state index in [0.717, 1.165) is 24.2 Å². The third-order valence-corrected chi connectivity index (χ3v) is 5.99. The van der Waals surface area contributed by atoms with Gasteiger partial charge in [-0.1, -0.05) is 11.3 Å². The molecule has 0 spiro atoms. The fourth-order valence-corrected chi connectivity index (χ4v) is 4.44. The Morgan fingerprint density at radius 3 is 2.46 bits per heavy atom. The molecule has 0 aliphatic carbocycles. The molecule has 2 aromatic heterocycles. The minimum atomic E-state index is 0.144. The number of rotatable bonds is 4. The molecule has 144 valence electrons. The number of piperidine rings is 1. The first-order valence-corrected chi connectivity index (χ1v) is 9.70. The summed E-state index contributed by atoms with van der Waals surface area (Å²) < 4.78 is 0. The predicted octanol–water partition coefficient (Wildman–Crippen LogP) is 2.35. The van der Waals surface area contributed by atoms with Crippen LogP contribution in [0.3, 0.4) is 0 Å². The zero-order valence-electron chi connectivity index (χ0n) is 15.7. The van der Waals surface area contributed by atoms with Crippen LogP contribution in [-0.2, 0) is 0 Å². The van der Waals surface area contributed by atoms with Crippen LogP contribution in [0.15, 0.2) is 36.5 Å². The van der Waals surface area contributed by atoms with Crippen molar-refractivity contribution < 1.29 is 5.11 Å². The van der Waals surface area contributed by atoms with E-state index in [1.165, 1.54) is 12.8 Å². The van der Waals surface area contributed by atoms with Crippen molar-refractivity contribution in [2.45, 2.75) is 43.8 Å². The molecule has 5 rings (SSSR count). The van der Waals surface area contributed by atoms with Crippen LogP contribution in [0.1, 0.15) is 25.7 Å². The van der Waals surface area contributed by atoms with Crippen LogP contribution in [0.25, 0.3) is 22.5 Å². The summed E-state index contributed by atoms with van der Waals surface area (Å²) in [6.07, 6.45) is 6.56. The summed E-state index contributed by atoms with van der Waals surface area (Å²) in [6, 6.07) is 11.1. The third kappa shape index (κ3) is 3.09. The van der Waals surface area contributed by atoms with E-state index >= 15 is 0 Å². The van der Waals surface area contributed by atoms with Crippen LogP contribution in [0, 0.1) is 0 Å². The average molecular weight is 377 g/mol. The molecule has 28 heavy (non-hydrogen) atoms. The molecule has 2 saturated heterocycles. The van der Waals surface area contributed by atoms with Gasteiger partial charge in [0.2, 0.25) is 0 Å². The number of nitrogens with zero attached hydrogens (tertiary/aromatic N) is 5. The molecule has 4 heterocycles. The van der Waals surface area contributed by atoms with E-state index in [4.69, 9.17) is 0 Å². The van der Waals surface area contributed by atoms with E-state index in [1.54, 1.807) is 12.3 Å². The van der Waals surface area contributed by atoms with E-state index in [1.807, 2.05) is 24.3 Å². The lowest BCUT2D eigenvalue weighted by Gasteiger charge is -2.36. The van der Waals surface area contributed by atoms with Gasteiger partial charge in [-0.2, -0.15) is 0 Å². The second-order valence-electron chi connectivity index (χ2n) is 7.74. The summed E-state index contributed by atoms with van der Waals surface area (Å²) in [5, 5.41) is 33.3. The van der Waals surface area contributed by atoms with E-state index in [2.05, 4.69) is 42.9 Å². The smallest absolute Gasteiger partial charge is 0.151 e. The quantitative estimate of drug-likeness (QED) is 0.641. The molecule has 8 nitrogen and oxygen atoms in total. The van der Waals surface area contributed by atoms with Crippen molar-refractivity contribution in [3.63, 3.8) is 0 Å². The first-order valence-electron chi connectivity index (χ1n) is 9.70. The van der Waals surface area contributed by atoms with Crippen LogP contribution >= 0.6 is 0 Å². The molecule has 3 atom stereocenters. The number of fused-ring (bicyclic) bond motifs is 2. The highest BCUT2D eigenvalue weighted by molar-refractivity contribution is 5.72. The van der Waals surface area contributed by atoms with Crippen LogP contribution in [-0.4, -0.2) is 55.9 Å². The van der Waals surface area contributed by atoms with Gasteiger partial charge in [0, 0.05) is 42.5 Å². The second-order valence-corrected chi connectivity index (χ2v) is 7.74. The first kappa shape index (κ1) is 17.1. The molecule has 2 fully saturated rings. The summed E-state index contributed by atoms with van der Waals surface area (Å²) in [6.45, 7) is 0. The maximum absolute atomic E-state index is 10.4. The summed E-state index contributed by atoms with van der Waals surface area (Å²) >= 11 is 0. The maximum atomic E-state index is 10.4. The number of aromatic hydroxyl groups is 1. The number of benzene rings is 1. The van der Waals surface area contributed by atoms with Crippen molar-refractivity contribution in [2.75, 3.05) is 11.9 Å². The fraction of sp³-hybridized carbons (Fsp3) is 0.400. The molecule has 3 N–H and O–H groups in total. The Hall–Kier alpha value is -3.00. The summed E-state index contributed by atoms with van der Waals surface area (Å²) in [4.78, 5) is 2.25. The van der Waals surface area contributed by atoms with E-state index < -0.39 is 0 Å². The van der Waals surface area contributed by atoms with Crippen molar-refractivity contribution in [2.24, 2.45) is 0 Å². The molecule has 0 saturated carbocycles. The second kappa shape index (κ2) is 6.87. The SMILES string of the molecule is CN(c1ccc(-c2ccc(-c3c[nH]nn3)cc2O)nn1)[C@@H]1C[C@H]2CC[C@@H](C1)N2. The Bertz CT molecular complexity index is 945. The van der Waals surface area contributed by atoms with Crippen molar-refractivity contribution in [1.82, 2.24) is 30.9 Å². The van der Waals surface area contributed by atoms with Gasteiger partial charge in [0.25, 0.3) is 0 Å². The van der Waals surface area contributed by atoms with E-state index in [9.17, 15) is 5.11 Å². The molecular formula is C20H23N7O. The van der Waals surface area contributed by atoms with Gasteiger partial charge in [-0.3, -0.25) is 5.10 Å². The Balaban J connectivity index is 1.35. The molecular weight excluding hydrogens is 354 g/mol. The van der Waals surface area contributed by atoms with Crippen molar-refractivity contribution >= 4 is 5.82 Å². The van der Waals surface area contributed by atoms with Gasteiger partial charge in [-0.05, 0) is 49.9 Å². The molecule has 2 aliphatic heterocycles. The number of aromatic amines is 1. The normalized spacial score (nSPS) is 23.7. The summed E-state index contributed by atoms with van der Waals surface area (Å²) in [5.41, 5.74) is 2.77. The number of H-pyrrole nitrogens is 1. The van der Waals surface area contributed by atoms with Crippen LogP contribution in [0.2, 0.25) is 0 Å². The van der Waals surface area contributed by atoms with Gasteiger partial charge in [0.15, 0.2) is 5.82 Å². The van der Waals surface area contributed by atoms with Gasteiger partial charge in [-0.15, -0.1) is 15.3 Å². The largest absolute Gasteiger partial charge is 0.507 e. The molecule has 2 aliphatic rings. The number of hydrogen-bond acceptors (Lipinski definition) is 7. The molecule has 8 heteroatoms. The zero-order valence-corrected chi connectivity index (χ0v) is 15.7. The minimum absolute atomic E-state index is 0.144. The lowest BCUT2D eigenvalue weighted by molar-refractivity contribution is 0.353. The molecule has 3 aromatic rings. The first-order chi connectivity index (χ1) is 13.7. The highest BCUT2D eigenvalue weighted by atomic mass is 16.3. The van der Waals surface area contributed by atoms with Gasteiger partial charge in [0.05, 0.1) is 5.69 Å². The van der Waals surface area contributed by atoms with Crippen LogP contribution < -0.4 is 10.2 Å². The number of phenols is 1. The minimum Gasteiger partial charge on any atom is -0.507 e. The van der Waals surface area contributed by atoms with Gasteiger partial charge < -0.3 is 15.3 Å². The zero-order chi connectivity index (χ0) is 19.1. The maximum Gasteiger partial charge on any atom is 0.151 e. The Morgan fingerprint density at radius 1 is 1.00 bits per heavy atom. The van der Waals surface area contributed by atoms with E-state index in [0.29, 0.717) is 35.1 Å². The molecule has 0 radical (unpaired) electrons. The highest BCUT2D eigenvalue weighted by Gasteiger charge is 2.35. The van der Waals surface area contributed by atoms with Crippen molar-refractivity contribution in [1.29, 1.82) is 0 Å². The summed E-state index contributed by atoms with van der Waals surface area (Å²) in [5.74, 6) is 1.01. The fourth-order valence-electron chi connectivity index (χ4n) is 4.44. The number of hydrogen-bond donors (Lipinski definition) is 3. The van der Waals surface area contributed by atoms with Crippen molar-refractivity contribution in [3.8, 4) is 28.3 Å². The Kier molecular flexibility index (Phi) is 4.20. The molecule has 1 aromatic carbocycles. The number of nitrogens with one attached hydrogen (secondary N) is 2. The average Bonchev–Trinajstić information content (AvgIpc) is 3.37. The van der Waals surface area contributed by atoms with Gasteiger partial charge in [0.1, 0.15) is 11.4 Å². The summed E-state index contributed by atoms with van der Waals surface area (Å²) in [7, 11) is 2.10.